The number of carbonyl (C=O) groups excluding carboxylic acids is 1. The smallest absolute Gasteiger partial charge is 0.270 e. The molecule has 2 heterocycles. The van der Waals surface area contributed by atoms with Crippen LogP contribution in [0.1, 0.15) is 47.4 Å². The SMILES string of the molecule is CCNC(=S)NNC(=O)c1cc(C2CC2)nc2c1c(C)nn2C. The summed E-state index contributed by atoms with van der Waals surface area (Å²) in [6, 6.07) is 1.88. The van der Waals surface area contributed by atoms with Crippen LogP contribution in [0.4, 0.5) is 0 Å². The van der Waals surface area contributed by atoms with Gasteiger partial charge in [-0.15, -0.1) is 0 Å². The molecule has 1 aliphatic rings. The summed E-state index contributed by atoms with van der Waals surface area (Å²) in [7, 11) is 1.85. The molecule has 0 atom stereocenters. The van der Waals surface area contributed by atoms with Crippen LogP contribution in [-0.2, 0) is 7.05 Å². The van der Waals surface area contributed by atoms with E-state index in [-0.39, 0.29) is 5.91 Å². The lowest BCUT2D eigenvalue weighted by Crippen LogP contribution is -2.46. The van der Waals surface area contributed by atoms with E-state index in [1.54, 1.807) is 4.68 Å². The number of hydrazine groups is 1. The van der Waals surface area contributed by atoms with E-state index in [1.165, 1.54) is 0 Å². The maximum absolute atomic E-state index is 12.6. The molecule has 1 fully saturated rings. The minimum Gasteiger partial charge on any atom is -0.362 e. The van der Waals surface area contributed by atoms with Crippen molar-refractivity contribution in [1.82, 2.24) is 30.9 Å². The van der Waals surface area contributed by atoms with Crippen molar-refractivity contribution in [2.75, 3.05) is 6.54 Å². The molecule has 2 aromatic heterocycles. The van der Waals surface area contributed by atoms with E-state index in [0.29, 0.717) is 23.1 Å². The number of thiocarbonyl (C=S) groups is 1. The Bertz CT molecular complexity index is 780. The molecular weight excluding hydrogens is 312 g/mol. The number of nitrogens with one attached hydrogen (secondary N) is 3. The van der Waals surface area contributed by atoms with Crippen molar-refractivity contribution in [2.24, 2.45) is 7.05 Å². The number of carbonyl (C=O) groups is 1. The zero-order valence-corrected chi connectivity index (χ0v) is 14.3. The number of hydrogen-bond donors (Lipinski definition) is 3. The van der Waals surface area contributed by atoms with Gasteiger partial charge < -0.3 is 5.32 Å². The molecule has 0 unspecified atom stereocenters. The van der Waals surface area contributed by atoms with Gasteiger partial charge in [0.15, 0.2) is 10.8 Å². The Kier molecular flexibility index (Phi) is 4.16. The van der Waals surface area contributed by atoms with Crippen molar-refractivity contribution >= 4 is 34.3 Å². The van der Waals surface area contributed by atoms with Crippen molar-refractivity contribution < 1.29 is 4.79 Å². The van der Waals surface area contributed by atoms with Crippen molar-refractivity contribution in [2.45, 2.75) is 32.6 Å². The van der Waals surface area contributed by atoms with E-state index in [0.717, 1.165) is 35.3 Å². The summed E-state index contributed by atoms with van der Waals surface area (Å²) in [5, 5.41) is 8.48. The number of aromatic nitrogens is 3. The normalized spacial score (nSPS) is 13.9. The van der Waals surface area contributed by atoms with Crippen LogP contribution in [0.15, 0.2) is 6.07 Å². The van der Waals surface area contributed by atoms with E-state index in [2.05, 4.69) is 26.3 Å². The molecule has 1 aliphatic carbocycles. The number of amides is 1. The highest BCUT2D eigenvalue weighted by Gasteiger charge is 2.28. The van der Waals surface area contributed by atoms with Crippen LogP contribution in [-0.4, -0.2) is 32.3 Å². The molecule has 0 aromatic carbocycles. The van der Waals surface area contributed by atoms with Gasteiger partial charge in [-0.2, -0.15) is 5.10 Å². The lowest BCUT2D eigenvalue weighted by molar-refractivity contribution is 0.0945. The third kappa shape index (κ3) is 3.12. The van der Waals surface area contributed by atoms with E-state index < -0.39 is 0 Å². The van der Waals surface area contributed by atoms with E-state index in [9.17, 15) is 4.79 Å². The highest BCUT2D eigenvalue weighted by Crippen LogP contribution is 2.40. The second-order valence-corrected chi connectivity index (χ2v) is 6.12. The number of fused-ring (bicyclic) bond motifs is 1. The molecule has 8 heteroatoms. The van der Waals surface area contributed by atoms with Gasteiger partial charge in [0.05, 0.1) is 16.6 Å². The Balaban J connectivity index is 1.94. The van der Waals surface area contributed by atoms with Crippen LogP contribution >= 0.6 is 12.2 Å². The minimum atomic E-state index is -0.240. The first-order valence-electron chi connectivity index (χ1n) is 7.69. The molecule has 0 saturated heterocycles. The molecule has 23 heavy (non-hydrogen) atoms. The van der Waals surface area contributed by atoms with Gasteiger partial charge in [0, 0.05) is 25.2 Å². The molecule has 2 aromatic rings. The summed E-state index contributed by atoms with van der Waals surface area (Å²) >= 11 is 5.06. The van der Waals surface area contributed by atoms with E-state index >= 15 is 0 Å². The number of pyridine rings is 1. The van der Waals surface area contributed by atoms with Crippen LogP contribution in [0.5, 0.6) is 0 Å². The fraction of sp³-hybridized carbons (Fsp3) is 0.467. The number of hydrogen-bond acceptors (Lipinski definition) is 4. The molecule has 3 N–H and O–H groups in total. The molecule has 0 aliphatic heterocycles. The lowest BCUT2D eigenvalue weighted by Gasteiger charge is -2.11. The first-order chi connectivity index (χ1) is 11.0. The molecule has 0 spiro atoms. The van der Waals surface area contributed by atoms with Crippen LogP contribution in [0.2, 0.25) is 0 Å². The third-order valence-corrected chi connectivity index (χ3v) is 4.10. The number of aryl methyl sites for hydroxylation is 2. The lowest BCUT2D eigenvalue weighted by atomic mass is 10.1. The molecule has 7 nitrogen and oxygen atoms in total. The van der Waals surface area contributed by atoms with Crippen molar-refractivity contribution in [1.29, 1.82) is 0 Å². The van der Waals surface area contributed by atoms with Crippen molar-refractivity contribution in [3.8, 4) is 0 Å². The summed E-state index contributed by atoms with van der Waals surface area (Å²) in [5.74, 6) is 0.215. The largest absolute Gasteiger partial charge is 0.362 e. The molecule has 1 saturated carbocycles. The molecule has 0 bridgehead atoms. The summed E-state index contributed by atoms with van der Waals surface area (Å²) < 4.78 is 1.73. The van der Waals surface area contributed by atoms with E-state index in [1.807, 2.05) is 27.0 Å². The Labute approximate surface area is 139 Å². The van der Waals surface area contributed by atoms with Crippen LogP contribution < -0.4 is 16.2 Å². The Hall–Kier alpha value is -2.22. The predicted molar refractivity (Wildman–Crippen MR) is 92.1 cm³/mol. The Morgan fingerprint density at radius 2 is 2.17 bits per heavy atom. The van der Waals surface area contributed by atoms with Gasteiger partial charge in [-0.25, -0.2) is 4.98 Å². The maximum atomic E-state index is 12.6. The summed E-state index contributed by atoms with van der Waals surface area (Å²) in [6.45, 7) is 4.51. The zero-order valence-electron chi connectivity index (χ0n) is 13.4. The topological polar surface area (TPSA) is 83.9 Å². The second kappa shape index (κ2) is 6.11. The van der Waals surface area contributed by atoms with Gasteiger partial charge in [0.2, 0.25) is 0 Å². The summed E-state index contributed by atoms with van der Waals surface area (Å²) in [6.07, 6.45) is 2.25. The molecule has 1 amide bonds. The van der Waals surface area contributed by atoms with Crippen molar-refractivity contribution in [3.63, 3.8) is 0 Å². The maximum Gasteiger partial charge on any atom is 0.270 e. The highest BCUT2D eigenvalue weighted by molar-refractivity contribution is 7.80. The van der Waals surface area contributed by atoms with Gasteiger partial charge in [-0.05, 0) is 45.0 Å². The number of nitrogens with zero attached hydrogens (tertiary/aromatic N) is 3. The van der Waals surface area contributed by atoms with Gasteiger partial charge in [0.1, 0.15) is 0 Å². The second-order valence-electron chi connectivity index (χ2n) is 5.72. The summed E-state index contributed by atoms with van der Waals surface area (Å²) in [5.41, 5.74) is 8.42. The third-order valence-electron chi connectivity index (χ3n) is 3.86. The van der Waals surface area contributed by atoms with Gasteiger partial charge in [0.25, 0.3) is 5.91 Å². The van der Waals surface area contributed by atoms with Crippen LogP contribution in [0, 0.1) is 6.92 Å². The van der Waals surface area contributed by atoms with Gasteiger partial charge in [-0.1, -0.05) is 0 Å². The molecule has 3 rings (SSSR count). The monoisotopic (exact) mass is 332 g/mol. The molecule has 0 radical (unpaired) electrons. The number of rotatable bonds is 3. The highest BCUT2D eigenvalue weighted by atomic mass is 32.1. The fourth-order valence-electron chi connectivity index (χ4n) is 2.62. The average Bonchev–Trinajstić information content (AvgIpc) is 3.32. The quantitative estimate of drug-likeness (QED) is 0.580. The zero-order chi connectivity index (χ0) is 16.6. The van der Waals surface area contributed by atoms with Crippen molar-refractivity contribution in [3.05, 3.63) is 23.0 Å². The van der Waals surface area contributed by atoms with E-state index in [4.69, 9.17) is 12.2 Å². The summed E-state index contributed by atoms with van der Waals surface area (Å²) in [4.78, 5) is 17.3. The first-order valence-corrected chi connectivity index (χ1v) is 8.10. The van der Waals surface area contributed by atoms with Gasteiger partial charge in [-0.3, -0.25) is 20.3 Å². The molecule has 122 valence electrons. The van der Waals surface area contributed by atoms with Crippen LogP contribution in [0.25, 0.3) is 11.0 Å². The Morgan fingerprint density at radius 3 is 2.83 bits per heavy atom. The van der Waals surface area contributed by atoms with Crippen LogP contribution in [0.3, 0.4) is 0 Å². The molecular formula is C15H20N6OS. The van der Waals surface area contributed by atoms with Gasteiger partial charge >= 0.3 is 0 Å². The Morgan fingerprint density at radius 1 is 1.43 bits per heavy atom. The minimum absolute atomic E-state index is 0.240. The average molecular weight is 332 g/mol. The first kappa shape index (κ1) is 15.7. The standard InChI is InChI=1S/C15H20N6OS/c1-4-16-15(23)19-18-14(22)10-7-11(9-5-6-9)17-13-12(10)8(2)20-21(13)3/h7,9H,4-6H2,1-3H3,(H,18,22)(H2,16,19,23). The fourth-order valence-corrected chi connectivity index (χ4v) is 2.81. The predicted octanol–water partition coefficient (Wildman–Crippen LogP) is 1.28.